The van der Waals surface area contributed by atoms with Gasteiger partial charge in [0, 0.05) is 18.9 Å². The van der Waals surface area contributed by atoms with Crippen molar-refractivity contribution in [2.45, 2.75) is 89.8 Å². The molecule has 4 heteroatoms. The molecule has 0 aromatic heterocycles. The molecular weight excluding hydrogens is 280 g/mol. The summed E-state index contributed by atoms with van der Waals surface area (Å²) in [4.78, 5) is 22.0. The molecule has 1 aliphatic heterocycles. The number of carbonyl (C=O) groups excluding carboxylic acids is 1. The first-order chi connectivity index (χ1) is 10.6. The number of allylic oxidation sites excluding steroid dienone is 1. The Morgan fingerprint density at radius 3 is 2.50 bits per heavy atom. The summed E-state index contributed by atoms with van der Waals surface area (Å²) in [7, 11) is 0. The first-order valence-corrected chi connectivity index (χ1v) is 8.70. The molecule has 4 nitrogen and oxygen atoms in total. The second kappa shape index (κ2) is 11.4. The number of carboxylic acids is 1. The summed E-state index contributed by atoms with van der Waals surface area (Å²) < 4.78 is 5.60. The summed E-state index contributed by atoms with van der Waals surface area (Å²) in [5, 5.41) is 8.44. The van der Waals surface area contributed by atoms with Crippen molar-refractivity contribution in [2.24, 2.45) is 0 Å². The second-order valence-corrected chi connectivity index (χ2v) is 6.13. The number of aliphatic carboxylic acids is 1. The molecule has 1 N–H and O–H groups in total. The summed E-state index contributed by atoms with van der Waals surface area (Å²) >= 11 is 0. The Kier molecular flexibility index (Phi) is 9.80. The molecule has 2 atom stereocenters. The summed E-state index contributed by atoms with van der Waals surface area (Å²) in [6.45, 7) is 2.20. The third-order valence-corrected chi connectivity index (χ3v) is 4.07. The van der Waals surface area contributed by atoms with E-state index in [9.17, 15) is 9.59 Å². The number of unbranched alkanes of at least 4 members (excludes halogenated alkanes) is 5. The van der Waals surface area contributed by atoms with E-state index < -0.39 is 5.97 Å². The molecule has 2 unspecified atom stereocenters. The minimum absolute atomic E-state index is 0.335. The third-order valence-electron chi connectivity index (χ3n) is 4.07. The molecule has 0 aromatic rings. The summed E-state index contributed by atoms with van der Waals surface area (Å²) in [6.07, 6.45) is 14.3. The number of epoxide rings is 1. The third kappa shape index (κ3) is 9.72. The van der Waals surface area contributed by atoms with Crippen molar-refractivity contribution in [2.75, 3.05) is 0 Å². The van der Waals surface area contributed by atoms with Crippen LogP contribution < -0.4 is 0 Å². The van der Waals surface area contributed by atoms with Gasteiger partial charge in [-0.25, -0.2) is 4.79 Å². The molecule has 1 rings (SSSR count). The Labute approximate surface area is 133 Å². The quantitative estimate of drug-likeness (QED) is 0.295. The van der Waals surface area contributed by atoms with Gasteiger partial charge in [-0.2, -0.15) is 0 Å². The molecule has 0 bridgehead atoms. The van der Waals surface area contributed by atoms with Crippen LogP contribution in [0.5, 0.6) is 0 Å². The van der Waals surface area contributed by atoms with Gasteiger partial charge in [-0.1, -0.05) is 38.7 Å². The SMILES string of the molecule is CCCCCC1OC1CCC(=O)CCCCCC=CC(=O)O. The number of carboxylic acid groups (broad SMARTS) is 1. The molecule has 1 fully saturated rings. The predicted octanol–water partition coefficient (Wildman–Crippen LogP) is 4.27. The van der Waals surface area contributed by atoms with Crippen LogP contribution >= 0.6 is 0 Å². The van der Waals surface area contributed by atoms with Crippen molar-refractivity contribution in [3.8, 4) is 0 Å². The highest BCUT2D eigenvalue weighted by Crippen LogP contribution is 2.31. The highest BCUT2D eigenvalue weighted by molar-refractivity contribution is 5.79. The number of ether oxygens (including phenoxy) is 1. The molecule has 126 valence electrons. The molecule has 0 aromatic carbocycles. The van der Waals surface area contributed by atoms with Crippen LogP contribution in [-0.2, 0) is 14.3 Å². The van der Waals surface area contributed by atoms with E-state index in [1.165, 1.54) is 25.3 Å². The van der Waals surface area contributed by atoms with Gasteiger partial charge in [0.05, 0.1) is 12.2 Å². The minimum Gasteiger partial charge on any atom is -0.478 e. The van der Waals surface area contributed by atoms with E-state index in [-0.39, 0.29) is 0 Å². The zero-order valence-corrected chi connectivity index (χ0v) is 13.8. The zero-order valence-electron chi connectivity index (χ0n) is 13.8. The summed E-state index contributed by atoms with van der Waals surface area (Å²) in [5.74, 6) is -0.561. The number of hydrogen-bond donors (Lipinski definition) is 1. The van der Waals surface area contributed by atoms with Gasteiger partial charge < -0.3 is 9.84 Å². The fourth-order valence-corrected chi connectivity index (χ4v) is 2.66. The Bertz CT molecular complexity index is 362. The molecule has 0 spiro atoms. The van der Waals surface area contributed by atoms with Crippen LogP contribution in [0.15, 0.2) is 12.2 Å². The molecule has 1 aliphatic rings. The van der Waals surface area contributed by atoms with Gasteiger partial charge >= 0.3 is 5.97 Å². The largest absolute Gasteiger partial charge is 0.478 e. The standard InChI is InChI=1S/C18H30O4/c1-2-3-7-11-16-17(22-16)14-13-15(19)10-8-5-4-6-9-12-18(20)21/h9,12,16-17H,2-8,10-11,13-14H2,1H3,(H,20,21). The van der Waals surface area contributed by atoms with Crippen LogP contribution in [-0.4, -0.2) is 29.1 Å². The molecule has 0 aliphatic carbocycles. The van der Waals surface area contributed by atoms with Gasteiger partial charge in [0.25, 0.3) is 0 Å². The minimum atomic E-state index is -0.898. The smallest absolute Gasteiger partial charge is 0.327 e. The van der Waals surface area contributed by atoms with Gasteiger partial charge in [-0.15, -0.1) is 0 Å². The lowest BCUT2D eigenvalue weighted by Crippen LogP contribution is -2.02. The number of rotatable bonds is 14. The molecule has 1 saturated heterocycles. The molecular formula is C18H30O4. The van der Waals surface area contributed by atoms with Crippen molar-refractivity contribution in [1.29, 1.82) is 0 Å². The van der Waals surface area contributed by atoms with Gasteiger partial charge in [-0.3, -0.25) is 4.79 Å². The van der Waals surface area contributed by atoms with E-state index in [2.05, 4.69) is 6.92 Å². The van der Waals surface area contributed by atoms with Crippen LogP contribution in [0.3, 0.4) is 0 Å². The normalized spacial score (nSPS) is 20.4. The van der Waals surface area contributed by atoms with Crippen molar-refractivity contribution in [3.63, 3.8) is 0 Å². The topological polar surface area (TPSA) is 66.9 Å². The lowest BCUT2D eigenvalue weighted by Gasteiger charge is -2.00. The first kappa shape index (κ1) is 18.9. The van der Waals surface area contributed by atoms with Crippen LogP contribution in [0.1, 0.15) is 77.6 Å². The van der Waals surface area contributed by atoms with E-state index in [1.807, 2.05) is 0 Å². The molecule has 0 radical (unpaired) electrons. The Morgan fingerprint density at radius 1 is 1.00 bits per heavy atom. The summed E-state index contributed by atoms with van der Waals surface area (Å²) in [5.41, 5.74) is 0. The predicted molar refractivity (Wildman–Crippen MR) is 86.9 cm³/mol. The van der Waals surface area contributed by atoms with Crippen molar-refractivity contribution in [1.82, 2.24) is 0 Å². The Morgan fingerprint density at radius 2 is 1.77 bits per heavy atom. The number of Topliss-reactive ketones (excluding diaryl/α,β-unsaturated/α-hetero) is 1. The van der Waals surface area contributed by atoms with E-state index >= 15 is 0 Å². The van der Waals surface area contributed by atoms with E-state index in [0.29, 0.717) is 30.8 Å². The van der Waals surface area contributed by atoms with Crippen molar-refractivity contribution >= 4 is 11.8 Å². The highest BCUT2D eigenvalue weighted by Gasteiger charge is 2.37. The van der Waals surface area contributed by atoms with Gasteiger partial charge in [0.2, 0.25) is 0 Å². The van der Waals surface area contributed by atoms with Crippen LogP contribution in [0.25, 0.3) is 0 Å². The maximum atomic E-state index is 11.8. The molecule has 22 heavy (non-hydrogen) atoms. The average Bonchev–Trinajstić information content (AvgIpc) is 3.22. The van der Waals surface area contributed by atoms with E-state index in [0.717, 1.165) is 38.5 Å². The number of hydrogen-bond acceptors (Lipinski definition) is 3. The lowest BCUT2D eigenvalue weighted by atomic mass is 10.0. The maximum Gasteiger partial charge on any atom is 0.327 e. The van der Waals surface area contributed by atoms with Crippen LogP contribution in [0, 0.1) is 0 Å². The molecule has 0 amide bonds. The van der Waals surface area contributed by atoms with Crippen LogP contribution in [0.4, 0.5) is 0 Å². The van der Waals surface area contributed by atoms with Gasteiger partial charge in [0.15, 0.2) is 0 Å². The Balaban J connectivity index is 1.89. The van der Waals surface area contributed by atoms with Gasteiger partial charge in [-0.05, 0) is 32.1 Å². The van der Waals surface area contributed by atoms with Gasteiger partial charge in [0.1, 0.15) is 5.78 Å². The van der Waals surface area contributed by atoms with Crippen LogP contribution in [0.2, 0.25) is 0 Å². The zero-order chi connectivity index (χ0) is 16.2. The van der Waals surface area contributed by atoms with E-state index in [1.54, 1.807) is 6.08 Å². The van der Waals surface area contributed by atoms with Crippen molar-refractivity contribution in [3.05, 3.63) is 12.2 Å². The summed E-state index contributed by atoms with van der Waals surface area (Å²) in [6, 6.07) is 0. The lowest BCUT2D eigenvalue weighted by molar-refractivity contribution is -0.131. The Hall–Kier alpha value is -1.16. The molecule has 0 saturated carbocycles. The number of carbonyl (C=O) groups is 2. The highest BCUT2D eigenvalue weighted by atomic mass is 16.6. The van der Waals surface area contributed by atoms with E-state index in [4.69, 9.17) is 9.84 Å². The monoisotopic (exact) mass is 310 g/mol. The average molecular weight is 310 g/mol. The van der Waals surface area contributed by atoms with Crippen molar-refractivity contribution < 1.29 is 19.4 Å². The second-order valence-electron chi connectivity index (χ2n) is 6.13. The molecule has 1 heterocycles. The fourth-order valence-electron chi connectivity index (χ4n) is 2.66. The number of ketones is 1. The maximum absolute atomic E-state index is 11.8. The fraction of sp³-hybridized carbons (Fsp3) is 0.778. The first-order valence-electron chi connectivity index (χ1n) is 8.70.